The van der Waals surface area contributed by atoms with Crippen molar-refractivity contribution >= 4 is 5.91 Å². The molecule has 23 heavy (non-hydrogen) atoms. The van der Waals surface area contributed by atoms with Gasteiger partial charge in [0.15, 0.2) is 0 Å². The lowest BCUT2D eigenvalue weighted by Gasteiger charge is -2.20. The molecule has 1 heterocycles. The predicted octanol–water partition coefficient (Wildman–Crippen LogP) is 2.39. The third-order valence-electron chi connectivity index (χ3n) is 4.11. The Morgan fingerprint density at radius 2 is 1.83 bits per heavy atom. The van der Waals surface area contributed by atoms with Crippen molar-refractivity contribution in [1.82, 2.24) is 15.8 Å². The summed E-state index contributed by atoms with van der Waals surface area (Å²) in [6, 6.07) is 16.0. The zero-order valence-corrected chi connectivity index (χ0v) is 13.0. The molecule has 0 radical (unpaired) electrons. The van der Waals surface area contributed by atoms with E-state index in [1.165, 1.54) is 12.1 Å². The second-order valence-corrected chi connectivity index (χ2v) is 5.86. The van der Waals surface area contributed by atoms with Crippen molar-refractivity contribution in [3.8, 4) is 0 Å². The van der Waals surface area contributed by atoms with E-state index in [4.69, 9.17) is 0 Å². The van der Waals surface area contributed by atoms with Crippen LogP contribution in [-0.2, 0) is 11.3 Å². The summed E-state index contributed by atoms with van der Waals surface area (Å²) >= 11 is 0. The van der Waals surface area contributed by atoms with Crippen molar-refractivity contribution in [3.05, 3.63) is 71.5 Å². The molecule has 2 N–H and O–H groups in total. The molecule has 1 saturated heterocycles. The molecular weight excluding hydrogens is 293 g/mol. The molecule has 1 fully saturated rings. The number of likely N-dealkylation sites (N-methyl/N-ethyl adjacent to an activating group) is 1. The van der Waals surface area contributed by atoms with Gasteiger partial charge in [-0.15, -0.1) is 0 Å². The number of nitrogens with one attached hydrogen (secondary N) is 2. The van der Waals surface area contributed by atoms with Gasteiger partial charge in [0, 0.05) is 19.6 Å². The Morgan fingerprint density at radius 3 is 2.52 bits per heavy atom. The molecule has 1 amide bonds. The van der Waals surface area contributed by atoms with Crippen molar-refractivity contribution < 1.29 is 9.18 Å². The summed E-state index contributed by atoms with van der Waals surface area (Å²) in [6.07, 6.45) is 0.642. The van der Waals surface area contributed by atoms with Crippen LogP contribution < -0.4 is 10.9 Å². The summed E-state index contributed by atoms with van der Waals surface area (Å²) in [5.41, 5.74) is 8.25. The Kier molecular flexibility index (Phi) is 4.69. The molecule has 1 aliphatic heterocycles. The van der Waals surface area contributed by atoms with Gasteiger partial charge >= 0.3 is 0 Å². The van der Waals surface area contributed by atoms with Gasteiger partial charge in [-0.3, -0.25) is 4.79 Å². The third-order valence-corrected chi connectivity index (χ3v) is 4.11. The molecular formula is C18H20FN3O. The van der Waals surface area contributed by atoms with Crippen LogP contribution in [0.5, 0.6) is 0 Å². The van der Waals surface area contributed by atoms with Crippen molar-refractivity contribution in [2.24, 2.45) is 0 Å². The Labute approximate surface area is 135 Å². The van der Waals surface area contributed by atoms with Crippen LogP contribution in [0, 0.1) is 5.82 Å². The molecule has 0 bridgehead atoms. The van der Waals surface area contributed by atoms with Crippen LogP contribution in [0.2, 0.25) is 0 Å². The topological polar surface area (TPSA) is 44.4 Å². The monoisotopic (exact) mass is 313 g/mol. The van der Waals surface area contributed by atoms with Crippen LogP contribution >= 0.6 is 0 Å². The number of hydrazine groups is 1. The summed E-state index contributed by atoms with van der Waals surface area (Å²) in [4.78, 5) is 14.3. The zero-order valence-electron chi connectivity index (χ0n) is 13.0. The number of rotatable bonds is 4. The van der Waals surface area contributed by atoms with Crippen LogP contribution in [-0.4, -0.2) is 23.9 Å². The van der Waals surface area contributed by atoms with Crippen molar-refractivity contribution in [2.45, 2.75) is 25.0 Å². The summed E-state index contributed by atoms with van der Waals surface area (Å²) < 4.78 is 13.0. The van der Waals surface area contributed by atoms with Gasteiger partial charge in [-0.2, -0.15) is 0 Å². The van der Waals surface area contributed by atoms with Crippen LogP contribution in [0.3, 0.4) is 0 Å². The maximum absolute atomic E-state index is 13.0. The van der Waals surface area contributed by atoms with Gasteiger partial charge in [-0.05, 0) is 29.7 Å². The molecule has 4 nitrogen and oxygen atoms in total. The molecule has 2 atom stereocenters. The van der Waals surface area contributed by atoms with Gasteiger partial charge in [0.2, 0.25) is 5.91 Å². The van der Waals surface area contributed by atoms with E-state index in [0.29, 0.717) is 13.0 Å². The van der Waals surface area contributed by atoms with Crippen LogP contribution in [0.4, 0.5) is 4.39 Å². The highest BCUT2D eigenvalue weighted by atomic mass is 19.1. The predicted molar refractivity (Wildman–Crippen MR) is 86.7 cm³/mol. The molecule has 3 rings (SSSR count). The second kappa shape index (κ2) is 6.89. The number of halogens is 1. The molecule has 0 aliphatic carbocycles. The lowest BCUT2D eigenvalue weighted by molar-refractivity contribution is -0.132. The third kappa shape index (κ3) is 3.75. The number of benzene rings is 2. The Hall–Kier alpha value is -2.24. The van der Waals surface area contributed by atoms with E-state index in [2.05, 4.69) is 10.9 Å². The molecule has 0 spiro atoms. The van der Waals surface area contributed by atoms with Crippen molar-refractivity contribution in [2.75, 3.05) is 7.05 Å². The van der Waals surface area contributed by atoms with Crippen LogP contribution in [0.25, 0.3) is 0 Å². The van der Waals surface area contributed by atoms with Gasteiger partial charge in [0.05, 0.1) is 0 Å². The fourth-order valence-corrected chi connectivity index (χ4v) is 2.83. The molecule has 1 aliphatic rings. The first-order chi connectivity index (χ1) is 11.1. The summed E-state index contributed by atoms with van der Waals surface area (Å²) in [7, 11) is 1.81. The van der Waals surface area contributed by atoms with Gasteiger partial charge in [-0.1, -0.05) is 42.5 Å². The SMILES string of the molecule is CN(Cc1ccccc1)C(=O)C1CC(c2ccc(F)cc2)NN1. The summed E-state index contributed by atoms with van der Waals surface area (Å²) in [5.74, 6) is -0.208. The maximum atomic E-state index is 13.0. The molecule has 0 aromatic heterocycles. The lowest BCUT2D eigenvalue weighted by Crippen LogP contribution is -2.43. The van der Waals surface area contributed by atoms with Gasteiger partial charge in [0.1, 0.15) is 11.9 Å². The van der Waals surface area contributed by atoms with Crippen molar-refractivity contribution in [1.29, 1.82) is 0 Å². The number of carbonyl (C=O) groups is 1. The van der Waals surface area contributed by atoms with Crippen LogP contribution in [0.15, 0.2) is 54.6 Å². The number of hydrogen-bond donors (Lipinski definition) is 2. The zero-order chi connectivity index (χ0) is 16.2. The molecule has 5 heteroatoms. The standard InChI is InChI=1S/C18H20FN3O/c1-22(12-13-5-3-2-4-6-13)18(23)17-11-16(20-21-17)14-7-9-15(19)10-8-14/h2-10,16-17,20-21H,11-12H2,1H3. The first-order valence-corrected chi connectivity index (χ1v) is 7.69. The fourth-order valence-electron chi connectivity index (χ4n) is 2.83. The first-order valence-electron chi connectivity index (χ1n) is 7.69. The van der Waals surface area contributed by atoms with E-state index in [1.54, 1.807) is 17.0 Å². The summed E-state index contributed by atoms with van der Waals surface area (Å²) in [5, 5.41) is 0. The average molecular weight is 313 g/mol. The molecule has 0 saturated carbocycles. The minimum absolute atomic E-state index is 0.00896. The quantitative estimate of drug-likeness (QED) is 0.911. The Balaban J connectivity index is 1.59. The van der Waals surface area contributed by atoms with Crippen molar-refractivity contribution in [3.63, 3.8) is 0 Å². The molecule has 2 unspecified atom stereocenters. The number of hydrogen-bond acceptors (Lipinski definition) is 3. The van der Waals surface area contributed by atoms with E-state index >= 15 is 0 Å². The maximum Gasteiger partial charge on any atom is 0.241 e. The van der Waals surface area contributed by atoms with Crippen LogP contribution in [0.1, 0.15) is 23.6 Å². The minimum Gasteiger partial charge on any atom is -0.340 e. The summed E-state index contributed by atoms with van der Waals surface area (Å²) in [6.45, 7) is 0.582. The minimum atomic E-state index is -0.279. The highest BCUT2D eigenvalue weighted by Gasteiger charge is 2.31. The van der Waals surface area contributed by atoms with Gasteiger partial charge in [-0.25, -0.2) is 15.2 Å². The molecule has 120 valence electrons. The Morgan fingerprint density at radius 1 is 1.13 bits per heavy atom. The lowest BCUT2D eigenvalue weighted by atomic mass is 10.0. The van der Waals surface area contributed by atoms with E-state index in [-0.39, 0.29) is 23.8 Å². The first kappa shape index (κ1) is 15.6. The van der Waals surface area contributed by atoms with E-state index in [9.17, 15) is 9.18 Å². The second-order valence-electron chi connectivity index (χ2n) is 5.86. The van der Waals surface area contributed by atoms with Gasteiger partial charge < -0.3 is 4.90 Å². The van der Waals surface area contributed by atoms with E-state index < -0.39 is 0 Å². The Bertz CT molecular complexity index is 660. The molecule has 2 aromatic rings. The van der Waals surface area contributed by atoms with E-state index in [0.717, 1.165) is 11.1 Å². The highest BCUT2D eigenvalue weighted by Crippen LogP contribution is 2.23. The average Bonchev–Trinajstić information content (AvgIpc) is 3.05. The number of nitrogens with zero attached hydrogens (tertiary/aromatic N) is 1. The van der Waals surface area contributed by atoms with Gasteiger partial charge in [0.25, 0.3) is 0 Å². The highest BCUT2D eigenvalue weighted by molar-refractivity contribution is 5.82. The smallest absolute Gasteiger partial charge is 0.241 e. The number of carbonyl (C=O) groups excluding carboxylic acids is 1. The largest absolute Gasteiger partial charge is 0.340 e. The fraction of sp³-hybridized carbons (Fsp3) is 0.278. The number of amides is 1. The molecule has 2 aromatic carbocycles. The normalized spacial score (nSPS) is 20.4. The van der Waals surface area contributed by atoms with E-state index in [1.807, 2.05) is 37.4 Å².